The van der Waals surface area contributed by atoms with E-state index in [0.717, 1.165) is 0 Å². The van der Waals surface area contributed by atoms with Crippen LogP contribution >= 0.6 is 12.6 Å². The number of hydrogen-bond acceptors (Lipinski definition) is 4. The third kappa shape index (κ3) is 2.33. The van der Waals surface area contributed by atoms with Crippen LogP contribution in [-0.4, -0.2) is 11.8 Å². The van der Waals surface area contributed by atoms with E-state index < -0.39 is 23.7 Å². The third-order valence-corrected chi connectivity index (χ3v) is 3.34. The van der Waals surface area contributed by atoms with Gasteiger partial charge in [0, 0.05) is 5.92 Å². The van der Waals surface area contributed by atoms with Gasteiger partial charge in [-0.15, -0.1) is 12.6 Å². The summed E-state index contributed by atoms with van der Waals surface area (Å²) in [4.78, 5) is 23.4. The van der Waals surface area contributed by atoms with Gasteiger partial charge in [-0.25, -0.2) is 0 Å². The summed E-state index contributed by atoms with van der Waals surface area (Å²) in [5.74, 6) is -2.86. The van der Waals surface area contributed by atoms with Gasteiger partial charge in [0.15, 0.2) is 0 Å². The molecule has 0 bridgehead atoms. The SMILES string of the molecule is N#CC1C(=O)NC(S)=C(C(N)=O)C1c1ccccc1. The van der Waals surface area contributed by atoms with E-state index in [4.69, 9.17) is 11.0 Å². The van der Waals surface area contributed by atoms with Crippen LogP contribution < -0.4 is 11.1 Å². The molecule has 0 saturated carbocycles. The molecule has 2 unspecified atom stereocenters. The number of carbonyl (C=O) groups excluding carboxylic acids is 2. The second kappa shape index (κ2) is 5.16. The van der Waals surface area contributed by atoms with Crippen LogP contribution in [0.25, 0.3) is 0 Å². The van der Waals surface area contributed by atoms with E-state index in [9.17, 15) is 9.59 Å². The number of nitrogens with two attached hydrogens (primary N) is 1. The van der Waals surface area contributed by atoms with Gasteiger partial charge in [0.25, 0.3) is 0 Å². The number of nitriles is 1. The first-order chi connectivity index (χ1) is 9.06. The maximum Gasteiger partial charge on any atom is 0.247 e. The molecule has 2 atom stereocenters. The number of carbonyl (C=O) groups is 2. The Morgan fingerprint density at radius 1 is 1.37 bits per heavy atom. The third-order valence-electron chi connectivity index (χ3n) is 2.99. The highest BCUT2D eigenvalue weighted by molar-refractivity contribution is 7.84. The molecule has 0 spiro atoms. The summed E-state index contributed by atoms with van der Waals surface area (Å²) in [6.07, 6.45) is 0. The molecule has 5 nitrogen and oxygen atoms in total. The van der Waals surface area contributed by atoms with Gasteiger partial charge < -0.3 is 11.1 Å². The molecule has 1 aliphatic heterocycles. The number of thiol groups is 1. The second-order valence-corrected chi connectivity index (χ2v) is 4.56. The van der Waals surface area contributed by atoms with Crippen molar-refractivity contribution in [3.8, 4) is 6.07 Å². The Labute approximate surface area is 115 Å². The fourth-order valence-electron chi connectivity index (χ4n) is 2.15. The quantitative estimate of drug-likeness (QED) is 0.691. The Balaban J connectivity index is 2.62. The topological polar surface area (TPSA) is 96.0 Å². The van der Waals surface area contributed by atoms with Crippen LogP contribution in [0.2, 0.25) is 0 Å². The van der Waals surface area contributed by atoms with Crippen molar-refractivity contribution in [1.29, 1.82) is 5.26 Å². The number of hydrogen-bond donors (Lipinski definition) is 3. The minimum atomic E-state index is -0.999. The Bertz CT molecular complexity index is 604. The Hall–Kier alpha value is -2.26. The van der Waals surface area contributed by atoms with Crippen molar-refractivity contribution in [3.05, 3.63) is 46.5 Å². The average Bonchev–Trinajstić information content (AvgIpc) is 2.38. The molecule has 0 aromatic heterocycles. The van der Waals surface area contributed by atoms with Crippen molar-refractivity contribution in [3.63, 3.8) is 0 Å². The van der Waals surface area contributed by atoms with Crippen LogP contribution in [0.3, 0.4) is 0 Å². The monoisotopic (exact) mass is 273 g/mol. The average molecular weight is 273 g/mol. The molecule has 1 aromatic rings. The summed E-state index contributed by atoms with van der Waals surface area (Å²) in [7, 11) is 0. The van der Waals surface area contributed by atoms with Gasteiger partial charge in [-0.05, 0) is 5.56 Å². The van der Waals surface area contributed by atoms with Crippen molar-refractivity contribution in [2.45, 2.75) is 5.92 Å². The van der Waals surface area contributed by atoms with Gasteiger partial charge in [0.1, 0.15) is 5.92 Å². The van der Waals surface area contributed by atoms with Crippen molar-refractivity contribution >= 4 is 24.4 Å². The first-order valence-corrected chi connectivity index (χ1v) is 5.99. The zero-order chi connectivity index (χ0) is 14.0. The smallest absolute Gasteiger partial charge is 0.247 e. The van der Waals surface area contributed by atoms with Crippen LogP contribution in [0.1, 0.15) is 11.5 Å². The maximum atomic E-state index is 11.8. The fourth-order valence-corrected chi connectivity index (χ4v) is 2.51. The molecule has 0 radical (unpaired) electrons. The summed E-state index contributed by atoms with van der Waals surface area (Å²) in [6.45, 7) is 0. The maximum absolute atomic E-state index is 11.8. The van der Waals surface area contributed by atoms with Crippen LogP contribution in [0, 0.1) is 17.2 Å². The van der Waals surface area contributed by atoms with E-state index >= 15 is 0 Å². The second-order valence-electron chi connectivity index (χ2n) is 4.11. The van der Waals surface area contributed by atoms with Gasteiger partial charge >= 0.3 is 0 Å². The van der Waals surface area contributed by atoms with Gasteiger partial charge in [0.2, 0.25) is 11.8 Å². The van der Waals surface area contributed by atoms with Gasteiger partial charge in [-0.2, -0.15) is 5.26 Å². The molecule has 2 rings (SSSR count). The molecule has 96 valence electrons. The molecular formula is C13H11N3O2S. The highest BCUT2D eigenvalue weighted by Crippen LogP contribution is 2.37. The Morgan fingerprint density at radius 3 is 2.53 bits per heavy atom. The van der Waals surface area contributed by atoms with E-state index in [2.05, 4.69) is 17.9 Å². The molecule has 0 saturated heterocycles. The minimum absolute atomic E-state index is 0.109. The standard InChI is InChI=1S/C13H11N3O2S/c14-6-8-9(7-4-2-1-3-5-7)10(11(15)17)13(19)16-12(8)18/h1-5,8-9,19H,(H2,15,17)(H,16,18). The zero-order valence-electron chi connectivity index (χ0n) is 9.83. The van der Waals surface area contributed by atoms with Crippen molar-refractivity contribution in [2.24, 2.45) is 11.7 Å². The Kier molecular flexibility index (Phi) is 3.58. The van der Waals surface area contributed by atoms with E-state index in [1.165, 1.54) is 0 Å². The number of benzene rings is 1. The molecular weight excluding hydrogens is 262 g/mol. The highest BCUT2D eigenvalue weighted by atomic mass is 32.1. The molecule has 19 heavy (non-hydrogen) atoms. The first kappa shape index (κ1) is 13.2. The Morgan fingerprint density at radius 2 is 2.00 bits per heavy atom. The van der Waals surface area contributed by atoms with Crippen LogP contribution in [0.4, 0.5) is 0 Å². The molecule has 1 heterocycles. The molecule has 2 amide bonds. The number of nitrogens with zero attached hydrogens (tertiary/aromatic N) is 1. The van der Waals surface area contributed by atoms with Crippen molar-refractivity contribution in [2.75, 3.05) is 0 Å². The predicted molar refractivity (Wildman–Crippen MR) is 71.6 cm³/mol. The van der Waals surface area contributed by atoms with E-state index in [0.29, 0.717) is 5.56 Å². The summed E-state index contributed by atoms with van der Waals surface area (Å²) in [5.41, 5.74) is 6.18. The van der Waals surface area contributed by atoms with Crippen molar-refractivity contribution < 1.29 is 9.59 Å². The lowest BCUT2D eigenvalue weighted by atomic mass is 9.78. The lowest BCUT2D eigenvalue weighted by Gasteiger charge is -2.29. The highest BCUT2D eigenvalue weighted by Gasteiger charge is 2.40. The zero-order valence-corrected chi connectivity index (χ0v) is 10.7. The number of primary amides is 1. The summed E-state index contributed by atoms with van der Waals surface area (Å²) >= 11 is 4.08. The van der Waals surface area contributed by atoms with Crippen molar-refractivity contribution in [1.82, 2.24) is 5.32 Å². The molecule has 1 aromatic carbocycles. The largest absolute Gasteiger partial charge is 0.366 e. The summed E-state index contributed by atoms with van der Waals surface area (Å²) in [6, 6.07) is 10.8. The van der Waals surface area contributed by atoms with E-state index in [-0.39, 0.29) is 10.6 Å². The predicted octanol–water partition coefficient (Wildman–Crippen LogP) is 0.666. The van der Waals surface area contributed by atoms with Crippen LogP contribution in [-0.2, 0) is 9.59 Å². The molecule has 3 N–H and O–H groups in total. The molecule has 0 fully saturated rings. The molecule has 1 aliphatic rings. The number of nitrogens with one attached hydrogen (secondary N) is 1. The van der Waals surface area contributed by atoms with Gasteiger partial charge in [-0.3, -0.25) is 9.59 Å². The number of amides is 2. The van der Waals surface area contributed by atoms with Gasteiger partial charge in [0.05, 0.1) is 16.7 Å². The van der Waals surface area contributed by atoms with E-state index in [1.54, 1.807) is 24.3 Å². The number of rotatable bonds is 2. The fraction of sp³-hybridized carbons (Fsp3) is 0.154. The molecule has 6 heteroatoms. The summed E-state index contributed by atoms with van der Waals surface area (Å²) in [5, 5.41) is 11.7. The van der Waals surface area contributed by atoms with E-state index in [1.807, 2.05) is 12.1 Å². The van der Waals surface area contributed by atoms with Crippen LogP contribution in [0.15, 0.2) is 40.9 Å². The lowest BCUT2D eigenvalue weighted by molar-refractivity contribution is -0.123. The summed E-state index contributed by atoms with van der Waals surface area (Å²) < 4.78 is 0. The molecule has 0 aliphatic carbocycles. The lowest BCUT2D eigenvalue weighted by Crippen LogP contribution is -2.41. The van der Waals surface area contributed by atoms with Crippen LogP contribution in [0.5, 0.6) is 0 Å². The minimum Gasteiger partial charge on any atom is -0.366 e. The normalized spacial score (nSPS) is 22.6. The first-order valence-electron chi connectivity index (χ1n) is 5.54. The van der Waals surface area contributed by atoms with Gasteiger partial charge in [-0.1, -0.05) is 30.3 Å².